The maximum Gasteiger partial charge on any atom is 0.225 e. The van der Waals surface area contributed by atoms with Crippen LogP contribution in [0.5, 0.6) is 5.75 Å². The van der Waals surface area contributed by atoms with Gasteiger partial charge in [-0.3, -0.25) is 4.79 Å². The molecule has 1 amide bonds. The Labute approximate surface area is 189 Å². The number of amides is 1. The van der Waals surface area contributed by atoms with E-state index in [-0.39, 0.29) is 17.6 Å². The van der Waals surface area contributed by atoms with Gasteiger partial charge in [0.05, 0.1) is 28.6 Å². The number of rotatable bonds is 5. The molecule has 32 heavy (non-hydrogen) atoms. The normalized spacial score (nSPS) is 16.4. The van der Waals surface area contributed by atoms with Crippen molar-refractivity contribution in [3.8, 4) is 5.75 Å². The molecular weight excluding hydrogens is 427 g/mol. The number of nitrogens with one attached hydrogen (secondary N) is 1. The Morgan fingerprint density at radius 1 is 1.25 bits per heavy atom. The summed E-state index contributed by atoms with van der Waals surface area (Å²) in [7, 11) is 1.63. The fraction of sp³-hybridized carbons (Fsp3) is 0.292. The number of hydrogen-bond donors (Lipinski definition) is 1. The van der Waals surface area contributed by atoms with E-state index in [9.17, 15) is 9.18 Å². The SMILES string of the molecule is COc1ccc(CNC(=O)C2CCCN(c3ncnc4c3sc3cccc(F)c34)C2)cc1. The Bertz CT molecular complexity index is 1270. The van der Waals surface area contributed by atoms with Gasteiger partial charge in [-0.1, -0.05) is 18.2 Å². The van der Waals surface area contributed by atoms with Crippen LogP contribution in [0.4, 0.5) is 10.2 Å². The van der Waals surface area contributed by atoms with Crippen LogP contribution in [0.25, 0.3) is 20.3 Å². The molecule has 0 spiro atoms. The number of hydrogen-bond acceptors (Lipinski definition) is 6. The highest BCUT2D eigenvalue weighted by atomic mass is 32.1. The zero-order chi connectivity index (χ0) is 22.1. The molecule has 1 N–H and O–H groups in total. The second-order valence-corrected chi connectivity index (χ2v) is 8.99. The first-order valence-corrected chi connectivity index (χ1v) is 11.4. The largest absolute Gasteiger partial charge is 0.497 e. The summed E-state index contributed by atoms with van der Waals surface area (Å²) in [6.07, 6.45) is 3.22. The third-order valence-electron chi connectivity index (χ3n) is 5.93. The van der Waals surface area contributed by atoms with Crippen molar-refractivity contribution in [2.75, 3.05) is 25.1 Å². The van der Waals surface area contributed by atoms with Crippen LogP contribution >= 0.6 is 11.3 Å². The summed E-state index contributed by atoms with van der Waals surface area (Å²) in [6, 6.07) is 12.7. The smallest absolute Gasteiger partial charge is 0.225 e. The molecule has 164 valence electrons. The molecule has 5 rings (SSSR count). The first kappa shape index (κ1) is 20.6. The van der Waals surface area contributed by atoms with E-state index in [1.807, 2.05) is 30.3 Å². The van der Waals surface area contributed by atoms with E-state index in [0.29, 0.717) is 24.0 Å². The van der Waals surface area contributed by atoms with Gasteiger partial charge in [0.15, 0.2) is 0 Å². The lowest BCUT2D eigenvalue weighted by atomic mass is 9.97. The Hall–Kier alpha value is -3.26. The molecule has 8 heteroatoms. The summed E-state index contributed by atoms with van der Waals surface area (Å²) in [5.74, 6) is 1.22. The van der Waals surface area contributed by atoms with Gasteiger partial charge in [0.25, 0.3) is 0 Å². The van der Waals surface area contributed by atoms with Crippen LogP contribution in [-0.4, -0.2) is 36.1 Å². The number of anilines is 1. The molecule has 6 nitrogen and oxygen atoms in total. The van der Waals surface area contributed by atoms with Gasteiger partial charge in [-0.25, -0.2) is 14.4 Å². The van der Waals surface area contributed by atoms with Crippen LogP contribution in [0.3, 0.4) is 0 Å². The maximum absolute atomic E-state index is 14.4. The Kier molecular flexibility index (Phi) is 5.61. The molecule has 0 saturated carbocycles. The number of halogens is 1. The third-order valence-corrected chi connectivity index (χ3v) is 7.07. The van der Waals surface area contributed by atoms with E-state index in [1.165, 1.54) is 23.7 Å². The summed E-state index contributed by atoms with van der Waals surface area (Å²) in [5.41, 5.74) is 1.66. The van der Waals surface area contributed by atoms with Crippen LogP contribution < -0.4 is 15.0 Å². The Morgan fingerprint density at radius 2 is 2.09 bits per heavy atom. The maximum atomic E-state index is 14.4. The van der Waals surface area contributed by atoms with Gasteiger partial charge in [-0.05, 0) is 42.7 Å². The number of thiophene rings is 1. The highest BCUT2D eigenvalue weighted by Gasteiger charge is 2.28. The van der Waals surface area contributed by atoms with Gasteiger partial charge < -0.3 is 15.0 Å². The number of ether oxygens (including phenoxy) is 1. The lowest BCUT2D eigenvalue weighted by Crippen LogP contribution is -2.43. The van der Waals surface area contributed by atoms with E-state index in [0.717, 1.165) is 45.9 Å². The van der Waals surface area contributed by atoms with Gasteiger partial charge in [0.2, 0.25) is 5.91 Å². The average molecular weight is 451 g/mol. The third kappa shape index (κ3) is 3.86. The molecule has 1 aliphatic heterocycles. The average Bonchev–Trinajstić information content (AvgIpc) is 3.23. The second kappa shape index (κ2) is 8.70. The summed E-state index contributed by atoms with van der Waals surface area (Å²) >= 11 is 1.50. The topological polar surface area (TPSA) is 67.3 Å². The van der Waals surface area contributed by atoms with Gasteiger partial charge in [0, 0.05) is 24.3 Å². The highest BCUT2D eigenvalue weighted by Crippen LogP contribution is 2.39. The van der Waals surface area contributed by atoms with Crippen molar-refractivity contribution in [1.29, 1.82) is 0 Å². The molecule has 1 saturated heterocycles. The number of nitrogens with zero attached hydrogens (tertiary/aromatic N) is 3. The molecule has 4 aromatic rings. The number of carbonyl (C=O) groups excluding carboxylic acids is 1. The van der Waals surface area contributed by atoms with E-state index >= 15 is 0 Å². The number of carbonyl (C=O) groups is 1. The van der Waals surface area contributed by atoms with Crippen LogP contribution in [-0.2, 0) is 11.3 Å². The van der Waals surface area contributed by atoms with E-state index in [4.69, 9.17) is 4.74 Å². The molecular formula is C24H23FN4O2S. The molecule has 0 radical (unpaired) electrons. The molecule has 1 aliphatic rings. The minimum atomic E-state index is -0.271. The molecule has 0 bridgehead atoms. The molecule has 3 heterocycles. The van der Waals surface area contributed by atoms with Crippen LogP contribution in [0, 0.1) is 11.7 Å². The summed E-state index contributed by atoms with van der Waals surface area (Å²) in [4.78, 5) is 23.9. The van der Waals surface area contributed by atoms with Crippen LogP contribution in [0.1, 0.15) is 18.4 Å². The van der Waals surface area contributed by atoms with E-state index < -0.39 is 0 Å². The van der Waals surface area contributed by atoms with Gasteiger partial charge in [-0.2, -0.15) is 0 Å². The molecule has 1 fully saturated rings. The monoisotopic (exact) mass is 450 g/mol. The zero-order valence-electron chi connectivity index (χ0n) is 17.7. The molecule has 1 unspecified atom stereocenters. The fourth-order valence-electron chi connectivity index (χ4n) is 4.25. The fourth-order valence-corrected chi connectivity index (χ4v) is 5.44. The number of fused-ring (bicyclic) bond motifs is 3. The van der Waals surface area contributed by atoms with Crippen molar-refractivity contribution in [2.45, 2.75) is 19.4 Å². The minimum Gasteiger partial charge on any atom is -0.497 e. The lowest BCUT2D eigenvalue weighted by molar-refractivity contribution is -0.125. The minimum absolute atomic E-state index is 0.0400. The van der Waals surface area contributed by atoms with Crippen LogP contribution in [0.2, 0.25) is 0 Å². The summed E-state index contributed by atoms with van der Waals surface area (Å²) in [6.45, 7) is 1.87. The Balaban J connectivity index is 1.33. The van der Waals surface area contributed by atoms with Gasteiger partial charge in [0.1, 0.15) is 23.7 Å². The van der Waals surface area contributed by atoms with Crippen molar-refractivity contribution in [3.05, 3.63) is 60.2 Å². The van der Waals surface area contributed by atoms with E-state index in [2.05, 4.69) is 20.2 Å². The van der Waals surface area contributed by atoms with E-state index in [1.54, 1.807) is 13.2 Å². The van der Waals surface area contributed by atoms with Gasteiger partial charge in [-0.15, -0.1) is 11.3 Å². The first-order valence-electron chi connectivity index (χ1n) is 10.6. The lowest BCUT2D eigenvalue weighted by Gasteiger charge is -2.33. The van der Waals surface area contributed by atoms with Gasteiger partial charge >= 0.3 is 0 Å². The van der Waals surface area contributed by atoms with Crippen LogP contribution in [0.15, 0.2) is 48.8 Å². The Morgan fingerprint density at radius 3 is 2.91 bits per heavy atom. The summed E-state index contributed by atoms with van der Waals surface area (Å²) < 4.78 is 21.3. The number of methoxy groups -OCH3 is 1. The second-order valence-electron chi connectivity index (χ2n) is 7.94. The first-order chi connectivity index (χ1) is 15.6. The standard InChI is InChI=1S/C24H23FN4O2S/c1-31-17-9-7-15(8-10-17)12-26-24(30)16-4-3-11-29(13-16)23-22-21(27-14-28-23)20-18(25)5-2-6-19(20)32-22/h2,5-10,14,16H,3-4,11-13H2,1H3,(H,26,30). The highest BCUT2D eigenvalue weighted by molar-refractivity contribution is 7.26. The number of aromatic nitrogens is 2. The molecule has 1 atom stereocenters. The van der Waals surface area contributed by atoms with Crippen molar-refractivity contribution >= 4 is 43.4 Å². The van der Waals surface area contributed by atoms with Crippen molar-refractivity contribution in [3.63, 3.8) is 0 Å². The molecule has 2 aromatic heterocycles. The van der Waals surface area contributed by atoms with Crippen molar-refractivity contribution < 1.29 is 13.9 Å². The van der Waals surface area contributed by atoms with Crippen molar-refractivity contribution in [1.82, 2.24) is 15.3 Å². The van der Waals surface area contributed by atoms with Crippen molar-refractivity contribution in [2.24, 2.45) is 5.92 Å². The number of piperidine rings is 1. The molecule has 0 aliphatic carbocycles. The zero-order valence-corrected chi connectivity index (χ0v) is 18.5. The molecule has 2 aromatic carbocycles. The quantitative estimate of drug-likeness (QED) is 0.484. The predicted molar refractivity (Wildman–Crippen MR) is 125 cm³/mol. The summed E-state index contributed by atoms with van der Waals surface area (Å²) in [5, 5.41) is 3.60. The number of benzene rings is 2. The predicted octanol–water partition coefficient (Wildman–Crippen LogP) is 4.53.